The maximum atomic E-state index is 8.87. The summed E-state index contributed by atoms with van der Waals surface area (Å²) in [6.07, 6.45) is 0.442. The van der Waals surface area contributed by atoms with E-state index in [1.807, 2.05) is 54.6 Å². The van der Waals surface area contributed by atoms with Crippen LogP contribution < -0.4 is 0 Å². The van der Waals surface area contributed by atoms with Crippen molar-refractivity contribution >= 4 is 10.8 Å². The number of ether oxygens (including phenoxy) is 1. The third-order valence-electron chi connectivity index (χ3n) is 2.93. The SMILES string of the molecule is COC(Cc1ccc2ccccc2c1)=C(C#N)C#N. The van der Waals surface area contributed by atoms with E-state index < -0.39 is 0 Å². The lowest BCUT2D eigenvalue weighted by molar-refractivity contribution is 0.281. The smallest absolute Gasteiger partial charge is 0.167 e. The summed E-state index contributed by atoms with van der Waals surface area (Å²) in [5.41, 5.74) is 1.04. The molecule has 0 saturated carbocycles. The molecule has 3 heteroatoms. The second-order valence-electron chi connectivity index (χ2n) is 4.08. The molecule has 3 nitrogen and oxygen atoms in total. The Morgan fingerprint density at radius 2 is 1.74 bits per heavy atom. The quantitative estimate of drug-likeness (QED) is 0.618. The molecule has 0 aliphatic carbocycles. The molecule has 0 heterocycles. The Morgan fingerprint density at radius 3 is 2.37 bits per heavy atom. The van der Waals surface area contributed by atoms with Gasteiger partial charge in [-0.1, -0.05) is 42.5 Å². The molecule has 0 unspecified atom stereocenters. The fraction of sp³-hybridized carbons (Fsp3) is 0.125. The van der Waals surface area contributed by atoms with Crippen molar-refractivity contribution in [1.29, 1.82) is 10.5 Å². The first-order valence-corrected chi connectivity index (χ1v) is 5.83. The minimum absolute atomic E-state index is 0.0238. The lowest BCUT2D eigenvalue weighted by atomic mass is 10.0. The highest BCUT2D eigenvalue weighted by Crippen LogP contribution is 2.19. The van der Waals surface area contributed by atoms with Gasteiger partial charge in [-0.25, -0.2) is 0 Å². The van der Waals surface area contributed by atoms with Crippen LogP contribution in [0.2, 0.25) is 0 Å². The minimum Gasteiger partial charge on any atom is -0.499 e. The van der Waals surface area contributed by atoms with Gasteiger partial charge in [0.15, 0.2) is 5.57 Å². The molecule has 0 N–H and O–H groups in total. The van der Waals surface area contributed by atoms with Gasteiger partial charge in [0.2, 0.25) is 0 Å². The first kappa shape index (κ1) is 12.7. The normalized spacial score (nSPS) is 9.42. The largest absolute Gasteiger partial charge is 0.499 e. The number of hydrogen-bond donors (Lipinski definition) is 0. The molecule has 0 atom stereocenters. The molecule has 0 spiro atoms. The highest BCUT2D eigenvalue weighted by atomic mass is 16.5. The second kappa shape index (κ2) is 5.71. The van der Waals surface area contributed by atoms with E-state index in [2.05, 4.69) is 0 Å². The van der Waals surface area contributed by atoms with Crippen LogP contribution in [0.1, 0.15) is 5.56 Å². The summed E-state index contributed by atoms with van der Waals surface area (Å²) in [5.74, 6) is 0.403. The highest BCUT2D eigenvalue weighted by molar-refractivity contribution is 5.83. The van der Waals surface area contributed by atoms with Crippen LogP contribution in [0.4, 0.5) is 0 Å². The third-order valence-corrected chi connectivity index (χ3v) is 2.93. The fourth-order valence-corrected chi connectivity index (χ4v) is 1.95. The standard InChI is InChI=1S/C16H12N2O/c1-19-16(15(10-17)11-18)9-12-6-7-13-4-2-3-5-14(13)8-12/h2-8H,9H2,1H3. The molecule has 2 aromatic rings. The zero-order valence-corrected chi connectivity index (χ0v) is 10.6. The summed E-state index contributed by atoms with van der Waals surface area (Å²) < 4.78 is 5.14. The number of allylic oxidation sites excluding steroid dienone is 2. The van der Waals surface area contributed by atoms with Crippen LogP contribution in [-0.2, 0) is 11.2 Å². The van der Waals surface area contributed by atoms with Crippen LogP contribution in [0.5, 0.6) is 0 Å². The van der Waals surface area contributed by atoms with Gasteiger partial charge < -0.3 is 4.74 Å². The molecule has 0 amide bonds. The summed E-state index contributed by atoms with van der Waals surface area (Å²) in [7, 11) is 1.48. The Hall–Kier alpha value is -2.78. The van der Waals surface area contributed by atoms with Crippen LogP contribution in [0.15, 0.2) is 53.8 Å². The molecule has 92 valence electrons. The van der Waals surface area contributed by atoms with Crippen molar-refractivity contribution < 1.29 is 4.74 Å². The van der Waals surface area contributed by atoms with Crippen LogP contribution >= 0.6 is 0 Å². The minimum atomic E-state index is 0.0238. The second-order valence-corrected chi connectivity index (χ2v) is 4.08. The van der Waals surface area contributed by atoms with Crippen molar-refractivity contribution in [3.8, 4) is 12.1 Å². The highest BCUT2D eigenvalue weighted by Gasteiger charge is 2.08. The topological polar surface area (TPSA) is 56.8 Å². The first-order chi connectivity index (χ1) is 9.28. The van der Waals surface area contributed by atoms with Crippen molar-refractivity contribution in [2.24, 2.45) is 0 Å². The summed E-state index contributed by atoms with van der Waals surface area (Å²) >= 11 is 0. The van der Waals surface area contributed by atoms with Crippen molar-refractivity contribution in [1.82, 2.24) is 0 Å². The lowest BCUT2D eigenvalue weighted by Gasteiger charge is -2.07. The molecular weight excluding hydrogens is 236 g/mol. The number of fused-ring (bicyclic) bond motifs is 1. The zero-order valence-electron chi connectivity index (χ0n) is 10.6. The van der Waals surface area contributed by atoms with Gasteiger partial charge in [0, 0.05) is 6.42 Å². The van der Waals surface area contributed by atoms with E-state index in [1.54, 1.807) is 0 Å². The van der Waals surface area contributed by atoms with Crippen molar-refractivity contribution in [2.45, 2.75) is 6.42 Å². The number of rotatable bonds is 3. The van der Waals surface area contributed by atoms with E-state index in [0.29, 0.717) is 12.2 Å². The van der Waals surface area contributed by atoms with Crippen molar-refractivity contribution in [3.05, 3.63) is 59.4 Å². The van der Waals surface area contributed by atoms with E-state index in [-0.39, 0.29) is 5.57 Å². The van der Waals surface area contributed by atoms with Gasteiger partial charge >= 0.3 is 0 Å². The van der Waals surface area contributed by atoms with E-state index in [4.69, 9.17) is 15.3 Å². The van der Waals surface area contributed by atoms with E-state index in [9.17, 15) is 0 Å². The third kappa shape index (κ3) is 2.73. The number of benzene rings is 2. The van der Waals surface area contributed by atoms with E-state index >= 15 is 0 Å². The van der Waals surface area contributed by atoms with Crippen LogP contribution in [-0.4, -0.2) is 7.11 Å². The van der Waals surface area contributed by atoms with Crippen LogP contribution in [0.25, 0.3) is 10.8 Å². The molecule has 0 saturated heterocycles. The summed E-state index contributed by atoms with van der Waals surface area (Å²) in [5, 5.41) is 20.0. The Labute approximate surface area is 112 Å². The molecule has 2 aromatic carbocycles. The molecule has 2 rings (SSSR count). The van der Waals surface area contributed by atoms with E-state index in [1.165, 1.54) is 7.11 Å². The average Bonchev–Trinajstić information content (AvgIpc) is 2.47. The van der Waals surface area contributed by atoms with Gasteiger partial charge in [0.05, 0.1) is 7.11 Å². The molecule has 0 aliphatic heterocycles. The molecule has 0 fully saturated rings. The fourth-order valence-electron chi connectivity index (χ4n) is 1.95. The monoisotopic (exact) mass is 248 g/mol. The summed E-state index contributed by atoms with van der Waals surface area (Å²) in [4.78, 5) is 0. The van der Waals surface area contributed by atoms with Crippen molar-refractivity contribution in [3.63, 3.8) is 0 Å². The van der Waals surface area contributed by atoms with Gasteiger partial charge in [-0.3, -0.25) is 0 Å². The van der Waals surface area contributed by atoms with E-state index in [0.717, 1.165) is 16.3 Å². The molecular formula is C16H12N2O. The predicted octanol–water partition coefficient (Wildman–Crippen LogP) is 3.33. The first-order valence-electron chi connectivity index (χ1n) is 5.83. The van der Waals surface area contributed by atoms with Crippen LogP contribution in [0.3, 0.4) is 0 Å². The number of nitrogens with zero attached hydrogens (tertiary/aromatic N) is 2. The Kier molecular flexibility index (Phi) is 3.81. The van der Waals surface area contributed by atoms with Gasteiger partial charge in [0.1, 0.15) is 17.9 Å². The Bertz CT molecular complexity index is 701. The number of hydrogen-bond acceptors (Lipinski definition) is 3. The summed E-state index contributed by atoms with van der Waals surface area (Å²) in [6.45, 7) is 0. The lowest BCUT2D eigenvalue weighted by Crippen LogP contribution is -1.97. The van der Waals surface area contributed by atoms with Gasteiger partial charge in [-0.15, -0.1) is 0 Å². The Morgan fingerprint density at radius 1 is 1.05 bits per heavy atom. The van der Waals surface area contributed by atoms with Crippen LogP contribution in [0, 0.1) is 22.7 Å². The summed E-state index contributed by atoms with van der Waals surface area (Å²) in [6, 6.07) is 17.8. The van der Waals surface area contributed by atoms with Gasteiger partial charge in [-0.2, -0.15) is 10.5 Å². The molecule has 0 bridgehead atoms. The average molecular weight is 248 g/mol. The Balaban J connectivity index is 2.39. The molecule has 0 radical (unpaired) electrons. The molecule has 0 aromatic heterocycles. The van der Waals surface area contributed by atoms with Gasteiger partial charge in [-0.05, 0) is 16.3 Å². The maximum absolute atomic E-state index is 8.87. The maximum Gasteiger partial charge on any atom is 0.167 e. The zero-order chi connectivity index (χ0) is 13.7. The molecule has 19 heavy (non-hydrogen) atoms. The number of nitriles is 2. The number of methoxy groups -OCH3 is 1. The van der Waals surface area contributed by atoms with Gasteiger partial charge in [0.25, 0.3) is 0 Å². The predicted molar refractivity (Wildman–Crippen MR) is 72.9 cm³/mol. The van der Waals surface area contributed by atoms with Crippen molar-refractivity contribution in [2.75, 3.05) is 7.11 Å². The molecule has 0 aliphatic rings.